The number of nitrogens with zero attached hydrogens (tertiary/aromatic N) is 1. The third kappa shape index (κ3) is 9.30. The third-order valence-corrected chi connectivity index (χ3v) is 12.4. The zero-order valence-corrected chi connectivity index (χ0v) is 37.7. The van der Waals surface area contributed by atoms with Crippen LogP contribution >= 0.6 is 0 Å². The van der Waals surface area contributed by atoms with Crippen molar-refractivity contribution in [3.63, 3.8) is 0 Å². The Labute approximate surface area is 360 Å². The molecule has 0 saturated heterocycles. The molecule has 0 unspecified atom stereocenters. The summed E-state index contributed by atoms with van der Waals surface area (Å²) >= 11 is 0. The van der Waals surface area contributed by atoms with Gasteiger partial charge < -0.3 is 31.0 Å². The summed E-state index contributed by atoms with van der Waals surface area (Å²) in [6.45, 7) is 17.7. The van der Waals surface area contributed by atoms with E-state index in [4.69, 9.17) is 9.41 Å². The average Bonchev–Trinajstić information content (AvgIpc) is 3.16. The number of amides is 4. The molecule has 0 bridgehead atoms. The van der Waals surface area contributed by atoms with Gasteiger partial charge in [-0.15, -0.1) is 0 Å². The van der Waals surface area contributed by atoms with E-state index in [1.807, 2.05) is 46.8 Å². The Morgan fingerprint density at radius 3 is 1.87 bits per heavy atom. The molecular weight excluding hydrogens is 833 g/mol. The topological polar surface area (TPSA) is 229 Å². The highest BCUT2D eigenvalue weighted by molar-refractivity contribution is 7.86. The molecule has 0 aromatic heterocycles. The summed E-state index contributed by atoms with van der Waals surface area (Å²) in [7, 11) is -9.48. The molecule has 1 heterocycles. The van der Waals surface area contributed by atoms with Gasteiger partial charge in [-0.25, -0.2) is 14.6 Å². The van der Waals surface area contributed by atoms with E-state index in [9.17, 15) is 35.5 Å². The van der Waals surface area contributed by atoms with E-state index in [-0.39, 0.29) is 56.8 Å². The van der Waals surface area contributed by atoms with Crippen LogP contribution in [0.1, 0.15) is 61.1 Å². The molecule has 62 heavy (non-hydrogen) atoms. The molecule has 1 aliphatic carbocycles. The highest BCUT2D eigenvalue weighted by Gasteiger charge is 2.27. The van der Waals surface area contributed by atoms with Crippen LogP contribution in [0.5, 0.6) is 0 Å². The lowest BCUT2D eigenvalue weighted by Crippen LogP contribution is -2.34. The van der Waals surface area contributed by atoms with Crippen molar-refractivity contribution >= 4 is 71.7 Å². The number of carbonyl (C=O) groups excluding carboxylic acids is 2. The first-order valence-electron chi connectivity index (χ1n) is 19.7. The van der Waals surface area contributed by atoms with E-state index < -0.39 is 31.2 Å². The van der Waals surface area contributed by atoms with E-state index in [0.29, 0.717) is 44.4 Å². The number of carbonyl (C=O) groups is 2. The lowest BCUT2D eigenvalue weighted by molar-refractivity contribution is 0.249. The zero-order chi connectivity index (χ0) is 45.6. The summed E-state index contributed by atoms with van der Waals surface area (Å²) < 4.78 is 78.3. The monoisotopic (exact) mass is 882 g/mol. The Morgan fingerprint density at radius 2 is 1.26 bits per heavy atom. The number of urea groups is 2. The van der Waals surface area contributed by atoms with Crippen LogP contribution in [0.25, 0.3) is 33.4 Å². The van der Waals surface area contributed by atoms with Gasteiger partial charge in [0.2, 0.25) is 0 Å². The van der Waals surface area contributed by atoms with Crippen LogP contribution in [0.3, 0.4) is 0 Å². The van der Waals surface area contributed by atoms with Crippen molar-refractivity contribution in [3.8, 4) is 22.5 Å². The minimum atomic E-state index is -4.78. The molecule has 7 N–H and O–H groups in total. The molecule has 0 saturated carbocycles. The maximum absolute atomic E-state index is 12.8. The first-order chi connectivity index (χ1) is 29.0. The van der Waals surface area contributed by atoms with Crippen molar-refractivity contribution in [2.24, 2.45) is 4.99 Å². The second-order valence-corrected chi connectivity index (χ2v) is 18.6. The van der Waals surface area contributed by atoms with Gasteiger partial charge in [0.25, 0.3) is 20.2 Å². The fourth-order valence-corrected chi connectivity index (χ4v) is 9.48. The molecule has 6 rings (SSSR count). The lowest BCUT2D eigenvalue weighted by Gasteiger charge is -2.21. The highest BCUT2D eigenvalue weighted by atomic mass is 32.2. The zero-order valence-electron chi connectivity index (χ0n) is 36.0. The van der Waals surface area contributed by atoms with Crippen LogP contribution in [-0.4, -0.2) is 50.1 Å². The molecule has 326 valence electrons. The van der Waals surface area contributed by atoms with Crippen molar-refractivity contribution in [2.45, 2.75) is 91.1 Å². The van der Waals surface area contributed by atoms with Gasteiger partial charge in [0, 0.05) is 57.7 Å². The number of benzene rings is 5. The average molecular weight is 883 g/mol. The van der Waals surface area contributed by atoms with Crippen LogP contribution in [0.15, 0.2) is 85.9 Å². The van der Waals surface area contributed by atoms with E-state index >= 15 is 0 Å². The van der Waals surface area contributed by atoms with Gasteiger partial charge in [0.1, 0.15) is 21.1 Å². The quantitative estimate of drug-likeness (QED) is 0.0509. The SMILES string of the molecule is Cc1cc(C)c(Nc2ccc3c(-c4ccccc4S(=O)(=O)O)c4ccc(=Nc5c(C)c(NC(=O)NC(C)C)c(C)c(S(=O)(=O)O)c5C)cc-4oc3c2)c(C)c1NC(=O)NC(C)C. The Hall–Kier alpha value is -6.27. The largest absolute Gasteiger partial charge is 0.456 e. The normalized spacial score (nSPS) is 12.3. The van der Waals surface area contributed by atoms with Gasteiger partial charge in [0.15, 0.2) is 0 Å². The van der Waals surface area contributed by atoms with E-state index in [1.54, 1.807) is 63.2 Å². The Balaban J connectivity index is 1.59. The van der Waals surface area contributed by atoms with E-state index in [1.165, 1.54) is 26.0 Å². The molecule has 0 spiro atoms. The number of fused-ring (bicyclic) bond motifs is 2. The third-order valence-electron chi connectivity index (χ3n) is 10.3. The summed E-state index contributed by atoms with van der Waals surface area (Å²) in [5, 5.41) is 15.5. The number of anilines is 4. The molecule has 17 heteroatoms. The standard InChI is InChI=1S/C45H50N6O9S2/c1-22(2)46-44(52)50-40-25(6)19-24(5)39(26(40)7)48-30-15-17-32-35(20-30)60-36-21-31(16-18-33(36)38(32)34-13-11-12-14-37(34)61(54,55)56)49-41-27(8)42(51-45(53)47-23(3)4)29(10)43(28(41)9)62(57,58)59/h11-23,48H,1-10H3,(H2,46,50,52)(H2,47,51,53)(H,54,55,56)(H,57,58,59). The predicted octanol–water partition coefficient (Wildman–Crippen LogP) is 9.58. The van der Waals surface area contributed by atoms with Crippen molar-refractivity contribution in [1.82, 2.24) is 10.6 Å². The van der Waals surface area contributed by atoms with E-state index in [2.05, 4.69) is 26.6 Å². The molecule has 2 aliphatic rings. The van der Waals surface area contributed by atoms with Crippen LogP contribution in [0.2, 0.25) is 0 Å². The fourth-order valence-electron chi connectivity index (χ4n) is 7.81. The Bertz CT molecular complexity index is 3070. The van der Waals surface area contributed by atoms with Gasteiger partial charge in [0.05, 0.1) is 22.4 Å². The van der Waals surface area contributed by atoms with Crippen molar-refractivity contribution in [2.75, 3.05) is 16.0 Å². The van der Waals surface area contributed by atoms with Crippen molar-refractivity contribution in [1.29, 1.82) is 0 Å². The summed E-state index contributed by atoms with van der Waals surface area (Å²) in [5.74, 6) is 0.258. The van der Waals surface area contributed by atoms with Gasteiger partial charge in [-0.1, -0.05) is 24.3 Å². The summed E-state index contributed by atoms with van der Waals surface area (Å²) in [6.07, 6.45) is 0. The minimum Gasteiger partial charge on any atom is -0.456 e. The van der Waals surface area contributed by atoms with Gasteiger partial charge in [-0.2, -0.15) is 16.8 Å². The Morgan fingerprint density at radius 1 is 0.645 bits per heavy atom. The number of aryl methyl sites for hydroxylation is 2. The lowest BCUT2D eigenvalue weighted by atomic mass is 9.93. The van der Waals surface area contributed by atoms with Crippen LogP contribution in [0.4, 0.5) is 38.0 Å². The number of hydrogen-bond donors (Lipinski definition) is 7. The summed E-state index contributed by atoms with van der Waals surface area (Å²) in [6, 6.07) is 17.1. The Kier molecular flexibility index (Phi) is 12.6. The second-order valence-electron chi connectivity index (χ2n) is 15.9. The molecule has 4 aromatic rings. The minimum absolute atomic E-state index is 0.0664. The first-order valence-corrected chi connectivity index (χ1v) is 22.6. The van der Waals surface area contributed by atoms with Crippen molar-refractivity contribution in [3.05, 3.63) is 105 Å². The highest BCUT2D eigenvalue weighted by Crippen LogP contribution is 2.44. The smallest absolute Gasteiger partial charge is 0.319 e. The fraction of sp³-hybridized carbons (Fsp3) is 0.267. The molecule has 15 nitrogen and oxygen atoms in total. The maximum Gasteiger partial charge on any atom is 0.319 e. The number of nitrogens with one attached hydrogen (secondary N) is 5. The maximum atomic E-state index is 12.8. The molecular formula is C45H50N6O9S2. The number of rotatable bonds is 10. The van der Waals surface area contributed by atoms with Crippen molar-refractivity contribution < 1.29 is 39.9 Å². The molecule has 1 aliphatic heterocycles. The van der Waals surface area contributed by atoms with E-state index in [0.717, 1.165) is 22.4 Å². The number of hydrogen-bond acceptors (Lipinski definition) is 9. The van der Waals surface area contributed by atoms with Gasteiger partial charge in [-0.3, -0.25) is 9.11 Å². The molecule has 4 amide bonds. The molecule has 0 radical (unpaired) electrons. The van der Waals surface area contributed by atoms with Gasteiger partial charge >= 0.3 is 12.1 Å². The molecule has 4 aromatic carbocycles. The summed E-state index contributed by atoms with van der Waals surface area (Å²) in [5.41, 5.74) is 7.08. The van der Waals surface area contributed by atoms with Crippen LogP contribution in [-0.2, 0) is 20.2 Å². The molecule has 0 fully saturated rings. The van der Waals surface area contributed by atoms with Crippen LogP contribution in [0, 0.1) is 41.5 Å². The predicted molar refractivity (Wildman–Crippen MR) is 242 cm³/mol. The molecule has 0 atom stereocenters. The first kappa shape index (κ1) is 45.3. The summed E-state index contributed by atoms with van der Waals surface area (Å²) in [4.78, 5) is 29.7. The van der Waals surface area contributed by atoms with Crippen LogP contribution < -0.4 is 31.9 Å². The second kappa shape index (κ2) is 17.2. The van der Waals surface area contributed by atoms with Gasteiger partial charge in [-0.05, 0) is 133 Å².